The van der Waals surface area contributed by atoms with Gasteiger partial charge in [0.05, 0.1) is 6.42 Å². The number of hydrogen-bond acceptors (Lipinski definition) is 4. The van der Waals surface area contributed by atoms with Crippen LogP contribution in [0.4, 0.5) is 0 Å². The van der Waals surface area contributed by atoms with Crippen LogP contribution in [0.5, 0.6) is 0 Å². The summed E-state index contributed by atoms with van der Waals surface area (Å²) in [5.41, 5.74) is 2.37. The Morgan fingerprint density at radius 1 is 0.920 bits per heavy atom. The molecule has 0 spiro atoms. The van der Waals surface area contributed by atoms with Crippen LogP contribution in [0.3, 0.4) is 0 Å². The van der Waals surface area contributed by atoms with Crippen molar-refractivity contribution in [2.75, 3.05) is 13.2 Å². The van der Waals surface area contributed by atoms with Crippen molar-refractivity contribution in [3.63, 3.8) is 0 Å². The molecule has 2 rings (SSSR count). The smallest absolute Gasteiger partial charge is 0.310 e. The van der Waals surface area contributed by atoms with E-state index in [1.54, 1.807) is 12.1 Å². The number of nitrogens with one attached hydrogen (secondary N) is 1. The Kier molecular flexibility index (Phi) is 6.89. The van der Waals surface area contributed by atoms with Gasteiger partial charge in [-0.3, -0.25) is 14.4 Å². The topological polar surface area (TPSA) is 72.5 Å². The molecule has 0 radical (unpaired) electrons. The number of ketones is 1. The molecule has 0 heterocycles. The maximum atomic E-state index is 12.1. The fourth-order valence-corrected chi connectivity index (χ4v) is 2.28. The van der Waals surface area contributed by atoms with E-state index in [1.807, 2.05) is 42.5 Å². The van der Waals surface area contributed by atoms with E-state index in [-0.39, 0.29) is 24.7 Å². The van der Waals surface area contributed by atoms with E-state index >= 15 is 0 Å². The molecular formula is C20H21NO4. The van der Waals surface area contributed by atoms with Gasteiger partial charge in [0.2, 0.25) is 5.91 Å². The molecule has 0 saturated heterocycles. The van der Waals surface area contributed by atoms with Crippen LogP contribution in [0.2, 0.25) is 0 Å². The quantitative estimate of drug-likeness (QED) is 0.592. The van der Waals surface area contributed by atoms with Crippen molar-refractivity contribution in [1.82, 2.24) is 5.32 Å². The number of rotatable bonds is 8. The van der Waals surface area contributed by atoms with Crippen LogP contribution in [0.1, 0.15) is 28.4 Å². The molecular weight excluding hydrogens is 318 g/mol. The Labute approximate surface area is 147 Å². The Balaban J connectivity index is 1.78. The zero-order chi connectivity index (χ0) is 18.1. The van der Waals surface area contributed by atoms with Gasteiger partial charge in [-0.05, 0) is 17.5 Å². The highest BCUT2D eigenvalue weighted by molar-refractivity contribution is 5.98. The van der Waals surface area contributed by atoms with Crippen LogP contribution in [-0.4, -0.2) is 30.8 Å². The molecule has 0 aliphatic heterocycles. The number of hydrogen-bond donors (Lipinski definition) is 1. The van der Waals surface area contributed by atoms with Crippen LogP contribution in [0.15, 0.2) is 54.6 Å². The number of esters is 1. The minimum Gasteiger partial charge on any atom is -0.457 e. The summed E-state index contributed by atoms with van der Waals surface area (Å²) >= 11 is 0. The third kappa shape index (κ3) is 6.59. The number of ether oxygens (including phenoxy) is 1. The minimum absolute atomic E-state index is 0.0656. The molecule has 2 aromatic rings. The molecule has 1 N–H and O–H groups in total. The third-order valence-corrected chi connectivity index (χ3v) is 3.62. The first-order valence-electron chi connectivity index (χ1n) is 8.10. The highest BCUT2D eigenvalue weighted by Crippen LogP contribution is 2.07. The highest BCUT2D eigenvalue weighted by Gasteiger charge is 2.10. The maximum Gasteiger partial charge on any atom is 0.310 e. The molecule has 25 heavy (non-hydrogen) atoms. The van der Waals surface area contributed by atoms with E-state index < -0.39 is 5.97 Å². The van der Waals surface area contributed by atoms with E-state index in [0.717, 1.165) is 11.1 Å². The van der Waals surface area contributed by atoms with Gasteiger partial charge >= 0.3 is 5.97 Å². The molecule has 5 nitrogen and oxygen atoms in total. The second-order valence-electron chi connectivity index (χ2n) is 5.68. The van der Waals surface area contributed by atoms with Crippen LogP contribution >= 0.6 is 0 Å². The Morgan fingerprint density at radius 3 is 2.24 bits per heavy atom. The summed E-state index contributed by atoms with van der Waals surface area (Å²) in [6.45, 7) is 1.76. The minimum atomic E-state index is -0.425. The third-order valence-electron chi connectivity index (χ3n) is 3.62. The molecule has 0 aromatic heterocycles. The predicted octanol–water partition coefficient (Wildman–Crippen LogP) is 2.33. The molecule has 0 aliphatic rings. The van der Waals surface area contributed by atoms with Gasteiger partial charge in [-0.2, -0.15) is 0 Å². The fraction of sp³-hybridized carbons (Fsp3) is 0.250. The predicted molar refractivity (Wildman–Crippen MR) is 94.3 cm³/mol. The molecule has 0 fully saturated rings. The summed E-state index contributed by atoms with van der Waals surface area (Å²) in [6.07, 6.45) is 0.844. The first-order valence-corrected chi connectivity index (χ1v) is 8.10. The number of carbonyl (C=O) groups excluding carboxylic acids is 3. The molecule has 0 saturated carbocycles. The van der Waals surface area contributed by atoms with Crippen molar-refractivity contribution in [2.45, 2.75) is 19.8 Å². The second kappa shape index (κ2) is 9.37. The molecule has 0 bridgehead atoms. The zero-order valence-electron chi connectivity index (χ0n) is 14.2. The van der Waals surface area contributed by atoms with Gasteiger partial charge in [-0.25, -0.2) is 0 Å². The Bertz CT molecular complexity index is 723. The number of amides is 1. The lowest BCUT2D eigenvalue weighted by Gasteiger charge is -2.06. The molecule has 0 atom stereocenters. The largest absolute Gasteiger partial charge is 0.457 e. The molecule has 5 heteroatoms. The molecule has 1 amide bonds. The fourth-order valence-electron chi connectivity index (χ4n) is 2.28. The standard InChI is InChI=1S/C20H21NO4/c1-15(22)21-12-11-16-7-9-18(10-8-16)19(23)14-25-20(24)13-17-5-3-2-4-6-17/h2-10H,11-14H2,1H3,(H,21,22). The van der Waals surface area contributed by atoms with Crippen LogP contribution < -0.4 is 5.32 Å². The maximum absolute atomic E-state index is 12.1. The van der Waals surface area contributed by atoms with Crippen molar-refractivity contribution in [2.24, 2.45) is 0 Å². The lowest BCUT2D eigenvalue weighted by Crippen LogP contribution is -2.22. The van der Waals surface area contributed by atoms with Gasteiger partial charge in [-0.1, -0.05) is 54.6 Å². The summed E-state index contributed by atoms with van der Waals surface area (Å²) in [5, 5.41) is 2.72. The average Bonchev–Trinajstić information content (AvgIpc) is 2.61. The normalized spacial score (nSPS) is 10.1. The Hall–Kier alpha value is -2.95. The van der Waals surface area contributed by atoms with Crippen molar-refractivity contribution in [3.05, 3.63) is 71.3 Å². The first kappa shape index (κ1) is 18.4. The monoisotopic (exact) mass is 339 g/mol. The summed E-state index contributed by atoms with van der Waals surface area (Å²) in [7, 11) is 0. The summed E-state index contributed by atoms with van der Waals surface area (Å²) in [6, 6.07) is 16.3. The van der Waals surface area contributed by atoms with E-state index in [9.17, 15) is 14.4 Å². The van der Waals surface area contributed by atoms with Gasteiger partial charge < -0.3 is 10.1 Å². The van der Waals surface area contributed by atoms with Gasteiger partial charge in [0, 0.05) is 19.0 Å². The van der Waals surface area contributed by atoms with Gasteiger partial charge in [0.15, 0.2) is 12.4 Å². The molecule has 2 aromatic carbocycles. The molecule has 0 unspecified atom stereocenters. The second-order valence-corrected chi connectivity index (χ2v) is 5.68. The number of benzene rings is 2. The van der Waals surface area contributed by atoms with Crippen molar-refractivity contribution in [3.8, 4) is 0 Å². The lowest BCUT2D eigenvalue weighted by atomic mass is 10.1. The zero-order valence-corrected chi connectivity index (χ0v) is 14.2. The Morgan fingerprint density at radius 2 is 1.60 bits per heavy atom. The van der Waals surface area contributed by atoms with Crippen molar-refractivity contribution < 1.29 is 19.1 Å². The van der Waals surface area contributed by atoms with E-state index in [1.165, 1.54) is 6.92 Å². The van der Waals surface area contributed by atoms with Crippen LogP contribution in [0.25, 0.3) is 0 Å². The molecule has 0 aliphatic carbocycles. The van der Waals surface area contributed by atoms with E-state index in [0.29, 0.717) is 18.5 Å². The highest BCUT2D eigenvalue weighted by atomic mass is 16.5. The van der Waals surface area contributed by atoms with Gasteiger partial charge in [0.25, 0.3) is 0 Å². The van der Waals surface area contributed by atoms with Crippen LogP contribution in [-0.2, 0) is 27.2 Å². The summed E-state index contributed by atoms with van der Waals surface area (Å²) in [4.78, 5) is 34.7. The SMILES string of the molecule is CC(=O)NCCc1ccc(C(=O)COC(=O)Cc2ccccc2)cc1. The van der Waals surface area contributed by atoms with E-state index in [2.05, 4.69) is 5.32 Å². The van der Waals surface area contributed by atoms with Crippen molar-refractivity contribution >= 4 is 17.7 Å². The van der Waals surface area contributed by atoms with E-state index in [4.69, 9.17) is 4.74 Å². The molecule has 130 valence electrons. The summed E-state index contributed by atoms with van der Waals surface area (Å²) < 4.78 is 5.05. The first-order chi connectivity index (χ1) is 12.0. The van der Waals surface area contributed by atoms with Gasteiger partial charge in [0.1, 0.15) is 0 Å². The number of Topliss-reactive ketones (excluding diaryl/α,β-unsaturated/α-hetero) is 1. The van der Waals surface area contributed by atoms with Crippen molar-refractivity contribution in [1.29, 1.82) is 0 Å². The van der Waals surface area contributed by atoms with Crippen LogP contribution in [0, 0.1) is 0 Å². The average molecular weight is 339 g/mol. The number of carbonyl (C=O) groups is 3. The summed E-state index contributed by atoms with van der Waals surface area (Å²) in [5.74, 6) is -0.731. The van der Waals surface area contributed by atoms with Gasteiger partial charge in [-0.15, -0.1) is 0 Å². The lowest BCUT2D eigenvalue weighted by molar-refractivity contribution is -0.141.